The fourth-order valence-electron chi connectivity index (χ4n) is 2.77. The first-order chi connectivity index (χ1) is 10.5. The van der Waals surface area contributed by atoms with Crippen LogP contribution in [0.5, 0.6) is 11.5 Å². The van der Waals surface area contributed by atoms with Crippen LogP contribution >= 0.6 is 0 Å². The molecule has 0 fully saturated rings. The zero-order valence-corrected chi connectivity index (χ0v) is 14.4. The van der Waals surface area contributed by atoms with Crippen LogP contribution in [-0.2, 0) is 23.2 Å². The lowest BCUT2D eigenvalue weighted by Crippen LogP contribution is -2.45. The van der Waals surface area contributed by atoms with Crippen molar-refractivity contribution in [1.29, 1.82) is 0 Å². The second kappa shape index (κ2) is 6.85. The Hall–Kier alpha value is -1.31. The fourth-order valence-corrected chi connectivity index (χ4v) is 4.37. The SMILES string of the molecule is CCN(CC)S(=O)(=O)N1CCc2cc(OC)c(OC)cc2C1. The first kappa shape index (κ1) is 17.1. The summed E-state index contributed by atoms with van der Waals surface area (Å²) in [5.41, 5.74) is 2.09. The molecule has 2 rings (SSSR count). The van der Waals surface area contributed by atoms with E-state index in [-0.39, 0.29) is 0 Å². The third-order valence-electron chi connectivity index (χ3n) is 4.04. The lowest BCUT2D eigenvalue weighted by atomic mass is 10.0. The first-order valence-corrected chi connectivity index (χ1v) is 8.86. The highest BCUT2D eigenvalue weighted by Crippen LogP contribution is 2.34. The maximum absolute atomic E-state index is 12.6. The summed E-state index contributed by atoms with van der Waals surface area (Å²) < 4.78 is 38.9. The maximum Gasteiger partial charge on any atom is 0.282 e. The summed E-state index contributed by atoms with van der Waals surface area (Å²) in [6.07, 6.45) is 0.677. The van der Waals surface area contributed by atoms with Crippen molar-refractivity contribution in [2.45, 2.75) is 26.8 Å². The molecule has 0 radical (unpaired) electrons. The monoisotopic (exact) mass is 328 g/mol. The van der Waals surface area contributed by atoms with E-state index < -0.39 is 10.2 Å². The van der Waals surface area contributed by atoms with E-state index in [0.29, 0.717) is 44.1 Å². The van der Waals surface area contributed by atoms with Gasteiger partial charge in [-0.2, -0.15) is 17.0 Å². The van der Waals surface area contributed by atoms with Crippen LogP contribution in [-0.4, -0.2) is 50.9 Å². The van der Waals surface area contributed by atoms with Crippen molar-refractivity contribution in [3.8, 4) is 11.5 Å². The van der Waals surface area contributed by atoms with Crippen molar-refractivity contribution in [1.82, 2.24) is 8.61 Å². The van der Waals surface area contributed by atoms with Gasteiger partial charge in [0.25, 0.3) is 10.2 Å². The van der Waals surface area contributed by atoms with E-state index in [2.05, 4.69) is 0 Å². The molecular weight excluding hydrogens is 304 g/mol. The minimum Gasteiger partial charge on any atom is -0.493 e. The van der Waals surface area contributed by atoms with Gasteiger partial charge < -0.3 is 9.47 Å². The van der Waals surface area contributed by atoms with Gasteiger partial charge in [0.15, 0.2) is 11.5 Å². The second-order valence-corrected chi connectivity index (χ2v) is 7.08. The van der Waals surface area contributed by atoms with Gasteiger partial charge in [-0.1, -0.05) is 13.8 Å². The first-order valence-electron chi connectivity index (χ1n) is 7.46. The van der Waals surface area contributed by atoms with E-state index in [9.17, 15) is 8.42 Å². The number of rotatable bonds is 6. The van der Waals surface area contributed by atoms with Crippen LogP contribution in [0.25, 0.3) is 0 Å². The number of hydrogen-bond acceptors (Lipinski definition) is 4. The van der Waals surface area contributed by atoms with Gasteiger partial charge in [-0.3, -0.25) is 0 Å². The Morgan fingerprint density at radius 2 is 1.64 bits per heavy atom. The van der Waals surface area contributed by atoms with Gasteiger partial charge in [0.05, 0.1) is 14.2 Å². The van der Waals surface area contributed by atoms with Gasteiger partial charge >= 0.3 is 0 Å². The summed E-state index contributed by atoms with van der Waals surface area (Å²) >= 11 is 0. The van der Waals surface area contributed by atoms with Crippen molar-refractivity contribution >= 4 is 10.2 Å². The summed E-state index contributed by atoms with van der Waals surface area (Å²) in [5.74, 6) is 1.31. The van der Waals surface area contributed by atoms with Crippen molar-refractivity contribution in [2.75, 3.05) is 33.9 Å². The van der Waals surface area contributed by atoms with Gasteiger partial charge in [-0.25, -0.2) is 0 Å². The summed E-state index contributed by atoms with van der Waals surface area (Å²) in [6, 6.07) is 3.81. The summed E-state index contributed by atoms with van der Waals surface area (Å²) in [4.78, 5) is 0. The zero-order chi connectivity index (χ0) is 16.3. The highest BCUT2D eigenvalue weighted by Gasteiger charge is 2.31. The molecule has 1 aliphatic heterocycles. The quantitative estimate of drug-likeness (QED) is 0.797. The van der Waals surface area contributed by atoms with Crippen molar-refractivity contribution in [2.24, 2.45) is 0 Å². The highest BCUT2D eigenvalue weighted by molar-refractivity contribution is 7.86. The average molecular weight is 328 g/mol. The Balaban J connectivity index is 2.32. The molecule has 1 aromatic carbocycles. The Kier molecular flexibility index (Phi) is 5.31. The van der Waals surface area contributed by atoms with E-state index >= 15 is 0 Å². The molecule has 1 aromatic rings. The van der Waals surface area contributed by atoms with Crippen LogP contribution in [0.2, 0.25) is 0 Å². The van der Waals surface area contributed by atoms with E-state index in [1.54, 1.807) is 14.2 Å². The normalized spacial score (nSPS) is 15.7. The second-order valence-electron chi connectivity index (χ2n) is 5.15. The van der Waals surface area contributed by atoms with Crippen LogP contribution in [0.3, 0.4) is 0 Å². The molecule has 0 N–H and O–H groups in total. The predicted octanol–water partition coefficient (Wildman–Crippen LogP) is 1.65. The van der Waals surface area contributed by atoms with Crippen LogP contribution in [0.4, 0.5) is 0 Å². The molecule has 1 aliphatic rings. The lowest BCUT2D eigenvalue weighted by Gasteiger charge is -2.32. The van der Waals surface area contributed by atoms with Crippen molar-refractivity contribution in [3.63, 3.8) is 0 Å². The Bertz CT molecular complexity index is 627. The van der Waals surface area contributed by atoms with Gasteiger partial charge in [0, 0.05) is 26.2 Å². The number of ether oxygens (including phenoxy) is 2. The topological polar surface area (TPSA) is 59.1 Å². The summed E-state index contributed by atoms with van der Waals surface area (Å²) in [5, 5.41) is 0. The number of hydrogen-bond donors (Lipinski definition) is 0. The van der Waals surface area contributed by atoms with E-state index in [4.69, 9.17) is 9.47 Å². The number of nitrogens with zero attached hydrogens (tertiary/aromatic N) is 2. The van der Waals surface area contributed by atoms with Gasteiger partial charge in [-0.05, 0) is 29.7 Å². The molecule has 6 nitrogen and oxygen atoms in total. The molecule has 0 aromatic heterocycles. The standard InChI is InChI=1S/C15H24N2O4S/c1-5-16(6-2)22(18,19)17-8-7-12-9-14(20-3)15(21-4)10-13(12)11-17/h9-10H,5-8,11H2,1-4H3. The van der Waals surface area contributed by atoms with Crippen molar-refractivity contribution in [3.05, 3.63) is 23.3 Å². The molecule has 0 saturated carbocycles. The molecule has 124 valence electrons. The van der Waals surface area contributed by atoms with Gasteiger partial charge in [0.1, 0.15) is 0 Å². The fraction of sp³-hybridized carbons (Fsp3) is 0.600. The maximum atomic E-state index is 12.6. The number of methoxy groups -OCH3 is 2. The number of fused-ring (bicyclic) bond motifs is 1. The molecule has 22 heavy (non-hydrogen) atoms. The largest absolute Gasteiger partial charge is 0.493 e. The lowest BCUT2D eigenvalue weighted by molar-refractivity contribution is 0.329. The summed E-state index contributed by atoms with van der Waals surface area (Å²) in [6.45, 7) is 5.53. The molecule has 1 heterocycles. The third kappa shape index (κ3) is 3.06. The summed E-state index contributed by atoms with van der Waals surface area (Å²) in [7, 11) is -0.225. The van der Waals surface area contributed by atoms with Crippen LogP contribution in [0, 0.1) is 0 Å². The molecule has 0 unspecified atom stereocenters. The minimum absolute atomic E-state index is 0.370. The predicted molar refractivity (Wildman–Crippen MR) is 85.5 cm³/mol. The molecule has 0 saturated heterocycles. The van der Waals surface area contributed by atoms with Gasteiger partial charge in [0.2, 0.25) is 0 Å². The number of benzene rings is 1. The Morgan fingerprint density at radius 1 is 1.09 bits per heavy atom. The van der Waals surface area contributed by atoms with Gasteiger partial charge in [-0.15, -0.1) is 0 Å². The van der Waals surface area contributed by atoms with E-state index in [1.165, 1.54) is 8.61 Å². The Labute approximate surface area is 132 Å². The minimum atomic E-state index is -3.41. The third-order valence-corrected chi connectivity index (χ3v) is 6.17. The molecule has 0 amide bonds. The molecule has 0 bridgehead atoms. The average Bonchev–Trinajstić information content (AvgIpc) is 2.53. The highest BCUT2D eigenvalue weighted by atomic mass is 32.2. The van der Waals surface area contributed by atoms with E-state index in [1.807, 2.05) is 26.0 Å². The van der Waals surface area contributed by atoms with Crippen LogP contribution in [0.15, 0.2) is 12.1 Å². The van der Waals surface area contributed by atoms with Crippen LogP contribution < -0.4 is 9.47 Å². The molecule has 0 aliphatic carbocycles. The van der Waals surface area contributed by atoms with Crippen molar-refractivity contribution < 1.29 is 17.9 Å². The van der Waals surface area contributed by atoms with E-state index in [0.717, 1.165) is 11.1 Å². The Morgan fingerprint density at radius 3 is 2.14 bits per heavy atom. The van der Waals surface area contributed by atoms with Crippen LogP contribution in [0.1, 0.15) is 25.0 Å². The molecule has 0 spiro atoms. The molecular formula is C15H24N2O4S. The molecule has 7 heteroatoms. The molecule has 0 atom stereocenters. The smallest absolute Gasteiger partial charge is 0.282 e. The zero-order valence-electron chi connectivity index (χ0n) is 13.6.